The molecule has 1 saturated heterocycles. The molecule has 2 aromatic carbocycles. The second-order valence-corrected chi connectivity index (χ2v) is 9.33. The van der Waals surface area contributed by atoms with Gasteiger partial charge in [0.05, 0.1) is 11.3 Å². The summed E-state index contributed by atoms with van der Waals surface area (Å²) >= 11 is 0. The normalized spacial score (nSPS) is 15.1. The summed E-state index contributed by atoms with van der Waals surface area (Å²) in [5, 5.41) is 2.92. The average molecular weight is 416 g/mol. The van der Waals surface area contributed by atoms with Crippen LogP contribution >= 0.6 is 0 Å². The van der Waals surface area contributed by atoms with Gasteiger partial charge in [0.1, 0.15) is 0 Å². The minimum atomic E-state index is -3.43. The Balaban J connectivity index is 1.48. The zero-order valence-corrected chi connectivity index (χ0v) is 17.7. The first-order valence-corrected chi connectivity index (χ1v) is 11.5. The van der Waals surface area contributed by atoms with E-state index in [1.165, 1.54) is 0 Å². The van der Waals surface area contributed by atoms with Crippen molar-refractivity contribution in [3.05, 3.63) is 60.2 Å². The lowest BCUT2D eigenvalue weighted by Gasteiger charge is -2.25. The Kier molecular flexibility index (Phi) is 7.28. The van der Waals surface area contributed by atoms with Crippen molar-refractivity contribution in [1.82, 2.24) is 9.62 Å². The van der Waals surface area contributed by atoms with E-state index in [1.807, 2.05) is 37.4 Å². The van der Waals surface area contributed by atoms with Gasteiger partial charge in [-0.1, -0.05) is 36.8 Å². The highest BCUT2D eigenvalue weighted by atomic mass is 32.2. The first-order chi connectivity index (χ1) is 14.0. The third-order valence-corrected chi connectivity index (χ3v) is 7.12. The molecule has 3 rings (SSSR count). The molecule has 1 N–H and O–H groups in total. The maximum atomic E-state index is 12.7. The highest BCUT2D eigenvalue weighted by Gasteiger charge is 2.25. The van der Waals surface area contributed by atoms with E-state index in [1.54, 1.807) is 28.6 Å². The number of rotatable bonds is 8. The minimum Gasteiger partial charge on any atom is -0.373 e. The van der Waals surface area contributed by atoms with Crippen molar-refractivity contribution in [3.63, 3.8) is 0 Å². The third kappa shape index (κ3) is 5.81. The van der Waals surface area contributed by atoms with Crippen LogP contribution in [-0.4, -0.2) is 51.9 Å². The molecule has 0 spiro atoms. The largest absolute Gasteiger partial charge is 0.373 e. The van der Waals surface area contributed by atoms with Crippen molar-refractivity contribution in [1.29, 1.82) is 0 Å². The molecule has 1 aliphatic heterocycles. The summed E-state index contributed by atoms with van der Waals surface area (Å²) in [5.74, 6) is -0.0712. The maximum Gasteiger partial charge on any atom is 0.243 e. The summed E-state index contributed by atoms with van der Waals surface area (Å²) in [6.45, 7) is 2.43. The molecule has 0 aromatic heterocycles. The lowest BCUT2D eigenvalue weighted by Crippen LogP contribution is -2.35. The molecule has 1 heterocycles. The van der Waals surface area contributed by atoms with E-state index in [4.69, 9.17) is 0 Å². The predicted octanol–water partition coefficient (Wildman–Crippen LogP) is 2.66. The Hall–Kier alpha value is -2.38. The van der Waals surface area contributed by atoms with E-state index in [2.05, 4.69) is 10.2 Å². The van der Waals surface area contributed by atoms with Crippen LogP contribution in [0.5, 0.6) is 0 Å². The van der Waals surface area contributed by atoms with Crippen LogP contribution in [0.3, 0.4) is 0 Å². The van der Waals surface area contributed by atoms with E-state index >= 15 is 0 Å². The molecule has 0 radical (unpaired) electrons. The highest BCUT2D eigenvalue weighted by molar-refractivity contribution is 7.89. The molecule has 7 heteroatoms. The summed E-state index contributed by atoms with van der Waals surface area (Å²) in [4.78, 5) is 14.6. The second kappa shape index (κ2) is 9.89. The molecule has 0 saturated carbocycles. The van der Waals surface area contributed by atoms with Crippen LogP contribution in [0.25, 0.3) is 0 Å². The lowest BCUT2D eigenvalue weighted by atomic mass is 10.1. The van der Waals surface area contributed by atoms with E-state index in [9.17, 15) is 13.2 Å². The molecular formula is C22H29N3O3S. The van der Waals surface area contributed by atoms with Crippen molar-refractivity contribution >= 4 is 21.6 Å². The molecule has 0 unspecified atom stereocenters. The Morgan fingerprint density at radius 1 is 1.00 bits per heavy atom. The van der Waals surface area contributed by atoms with Crippen LogP contribution in [0.2, 0.25) is 0 Å². The molecule has 29 heavy (non-hydrogen) atoms. The van der Waals surface area contributed by atoms with Crippen LogP contribution in [0.15, 0.2) is 59.5 Å². The van der Waals surface area contributed by atoms with E-state index in [-0.39, 0.29) is 12.3 Å². The zero-order chi connectivity index (χ0) is 20.7. The fourth-order valence-electron chi connectivity index (χ4n) is 3.46. The van der Waals surface area contributed by atoms with Crippen LogP contribution in [0.1, 0.15) is 24.8 Å². The quantitative estimate of drug-likeness (QED) is 0.720. The first-order valence-electron chi connectivity index (χ1n) is 10.1. The van der Waals surface area contributed by atoms with Crippen LogP contribution < -0.4 is 10.2 Å². The third-order valence-electron chi connectivity index (χ3n) is 5.21. The Bertz CT molecular complexity index is 893. The summed E-state index contributed by atoms with van der Waals surface area (Å²) < 4.78 is 26.9. The zero-order valence-electron chi connectivity index (χ0n) is 16.9. The molecule has 1 fully saturated rings. The number of carbonyl (C=O) groups excluding carboxylic acids is 1. The van der Waals surface area contributed by atoms with Crippen molar-refractivity contribution in [2.24, 2.45) is 0 Å². The maximum absolute atomic E-state index is 12.7. The van der Waals surface area contributed by atoms with Gasteiger partial charge in [-0.05, 0) is 42.7 Å². The summed E-state index contributed by atoms with van der Waals surface area (Å²) in [6, 6.07) is 16.7. The number of nitrogens with zero attached hydrogens (tertiary/aromatic N) is 2. The van der Waals surface area contributed by atoms with Gasteiger partial charge >= 0.3 is 0 Å². The topological polar surface area (TPSA) is 69.7 Å². The molecular weight excluding hydrogens is 386 g/mol. The summed E-state index contributed by atoms with van der Waals surface area (Å²) in [5.41, 5.74) is 1.91. The number of amides is 1. The fourth-order valence-corrected chi connectivity index (χ4v) is 4.97. The predicted molar refractivity (Wildman–Crippen MR) is 115 cm³/mol. The van der Waals surface area contributed by atoms with E-state index < -0.39 is 10.0 Å². The van der Waals surface area contributed by atoms with Gasteiger partial charge in [0.25, 0.3) is 0 Å². The van der Waals surface area contributed by atoms with Gasteiger partial charge in [0.15, 0.2) is 0 Å². The summed E-state index contributed by atoms with van der Waals surface area (Å²) in [6.07, 6.45) is 3.15. The van der Waals surface area contributed by atoms with Gasteiger partial charge in [0.2, 0.25) is 15.9 Å². The number of piperidine rings is 1. The SMILES string of the molecule is CN(CCNC(=O)Cc1ccc(S(=O)(=O)N2CCCCC2)cc1)c1ccccc1. The van der Waals surface area contributed by atoms with Gasteiger partial charge in [-0.25, -0.2) is 8.42 Å². The monoisotopic (exact) mass is 415 g/mol. The Labute approximate surface area is 173 Å². The minimum absolute atomic E-state index is 0.0712. The molecule has 0 atom stereocenters. The Morgan fingerprint density at radius 3 is 2.31 bits per heavy atom. The van der Waals surface area contributed by atoms with Crippen molar-refractivity contribution in [2.45, 2.75) is 30.6 Å². The first kappa shape index (κ1) is 21.3. The smallest absolute Gasteiger partial charge is 0.243 e. The van der Waals surface area contributed by atoms with Crippen LogP contribution in [-0.2, 0) is 21.2 Å². The number of likely N-dealkylation sites (N-methyl/N-ethyl adjacent to an activating group) is 1. The molecule has 1 amide bonds. The number of hydrogen-bond acceptors (Lipinski definition) is 4. The fraction of sp³-hybridized carbons (Fsp3) is 0.409. The molecule has 0 aliphatic carbocycles. The number of nitrogens with one attached hydrogen (secondary N) is 1. The van der Waals surface area contributed by atoms with Gasteiger partial charge in [-0.15, -0.1) is 0 Å². The molecule has 156 valence electrons. The Morgan fingerprint density at radius 2 is 1.66 bits per heavy atom. The highest BCUT2D eigenvalue weighted by Crippen LogP contribution is 2.21. The standard InChI is InChI=1S/C22H29N3O3S/c1-24(20-8-4-2-5-9-20)17-14-23-22(26)18-19-10-12-21(13-11-19)29(27,28)25-15-6-3-7-16-25/h2,4-5,8-13H,3,6-7,14-18H2,1H3,(H,23,26). The van der Waals surface area contributed by atoms with Crippen LogP contribution in [0.4, 0.5) is 5.69 Å². The molecule has 1 aliphatic rings. The van der Waals surface area contributed by atoms with Gasteiger partial charge in [0, 0.05) is 38.9 Å². The van der Waals surface area contributed by atoms with Gasteiger partial charge in [-0.2, -0.15) is 4.31 Å². The molecule has 0 bridgehead atoms. The van der Waals surface area contributed by atoms with Gasteiger partial charge in [-0.3, -0.25) is 4.79 Å². The molecule has 6 nitrogen and oxygen atoms in total. The number of sulfonamides is 1. The number of carbonyl (C=O) groups is 1. The van der Waals surface area contributed by atoms with E-state index in [0.717, 1.165) is 30.5 Å². The molecule has 2 aromatic rings. The van der Waals surface area contributed by atoms with Crippen molar-refractivity contribution in [3.8, 4) is 0 Å². The van der Waals surface area contributed by atoms with Crippen molar-refractivity contribution < 1.29 is 13.2 Å². The number of hydrogen-bond donors (Lipinski definition) is 1. The van der Waals surface area contributed by atoms with Crippen molar-refractivity contribution in [2.75, 3.05) is 38.1 Å². The number of benzene rings is 2. The van der Waals surface area contributed by atoms with E-state index in [0.29, 0.717) is 31.1 Å². The van der Waals surface area contributed by atoms with Gasteiger partial charge < -0.3 is 10.2 Å². The average Bonchev–Trinajstić information content (AvgIpc) is 2.75. The summed E-state index contributed by atoms with van der Waals surface area (Å²) in [7, 11) is -1.44. The number of anilines is 1. The lowest BCUT2D eigenvalue weighted by molar-refractivity contribution is -0.120. The second-order valence-electron chi connectivity index (χ2n) is 7.39. The number of para-hydroxylation sites is 1. The van der Waals surface area contributed by atoms with Crippen LogP contribution in [0, 0.1) is 0 Å².